The van der Waals surface area contributed by atoms with E-state index in [-0.39, 0.29) is 51.1 Å². The minimum Gasteiger partial charge on any atom is -0.494 e. The SMILES string of the molecule is COc1cc(C(=O)NC[C@](O)(c2cc3c(c(-c4ccc(C#N)c(Cl)c4)n2)OC[C@]3(C)C(N)=O)C(F)(F)F)cc2cc(Cl)c(C)nc12. The molecule has 5 rings (SSSR count). The number of nitrogens with one attached hydrogen (secondary N) is 1. The molecule has 4 N–H and O–H groups in total. The number of aryl methyl sites for hydroxylation is 1. The lowest BCUT2D eigenvalue weighted by molar-refractivity contribution is -0.265. The first-order valence-electron chi connectivity index (χ1n) is 13.4. The van der Waals surface area contributed by atoms with Gasteiger partial charge in [-0.25, -0.2) is 9.97 Å². The lowest BCUT2D eigenvalue weighted by Gasteiger charge is -2.31. The van der Waals surface area contributed by atoms with Crippen LogP contribution in [0.25, 0.3) is 22.2 Å². The van der Waals surface area contributed by atoms with Gasteiger partial charge in [0.05, 0.1) is 40.7 Å². The maximum Gasteiger partial charge on any atom is 0.424 e. The van der Waals surface area contributed by atoms with E-state index in [1.165, 1.54) is 50.4 Å². The fraction of sp³-hybridized carbons (Fsp3) is 0.258. The quantitative estimate of drug-likeness (QED) is 0.244. The molecule has 2 aromatic carbocycles. The van der Waals surface area contributed by atoms with Crippen LogP contribution >= 0.6 is 23.2 Å². The highest BCUT2D eigenvalue weighted by Gasteiger charge is 2.57. The van der Waals surface area contributed by atoms with E-state index in [0.717, 1.165) is 6.07 Å². The van der Waals surface area contributed by atoms with Gasteiger partial charge >= 0.3 is 6.18 Å². The molecule has 1 aliphatic heterocycles. The van der Waals surface area contributed by atoms with Gasteiger partial charge in [0.1, 0.15) is 40.8 Å². The van der Waals surface area contributed by atoms with Crippen molar-refractivity contribution < 1.29 is 37.3 Å². The Balaban J connectivity index is 1.61. The largest absolute Gasteiger partial charge is 0.494 e. The third-order valence-electron chi connectivity index (χ3n) is 7.87. The van der Waals surface area contributed by atoms with Gasteiger partial charge in [0, 0.05) is 22.1 Å². The molecule has 0 aliphatic carbocycles. The van der Waals surface area contributed by atoms with E-state index in [1.54, 1.807) is 6.92 Å². The Morgan fingerprint density at radius 3 is 2.50 bits per heavy atom. The highest BCUT2D eigenvalue weighted by atomic mass is 35.5. The Bertz CT molecular complexity index is 1980. The van der Waals surface area contributed by atoms with Gasteiger partial charge in [0.15, 0.2) is 0 Å². The van der Waals surface area contributed by atoms with Crippen molar-refractivity contribution in [2.45, 2.75) is 31.0 Å². The van der Waals surface area contributed by atoms with Crippen LogP contribution in [-0.2, 0) is 15.8 Å². The summed E-state index contributed by atoms with van der Waals surface area (Å²) in [4.78, 5) is 34.2. The smallest absolute Gasteiger partial charge is 0.424 e. The minimum absolute atomic E-state index is 0.0209. The number of nitriles is 1. The van der Waals surface area contributed by atoms with Crippen LogP contribution in [0.4, 0.5) is 13.2 Å². The van der Waals surface area contributed by atoms with Crippen LogP contribution < -0.4 is 20.5 Å². The summed E-state index contributed by atoms with van der Waals surface area (Å²) < 4.78 is 55.4. The number of carbonyl (C=O) groups excluding carboxylic acids is 2. The molecule has 2 aromatic heterocycles. The predicted octanol–water partition coefficient (Wildman–Crippen LogP) is 5.11. The first-order chi connectivity index (χ1) is 21.5. The zero-order valence-electron chi connectivity index (χ0n) is 24.3. The molecule has 2 atom stereocenters. The van der Waals surface area contributed by atoms with E-state index in [2.05, 4.69) is 15.3 Å². The predicted molar refractivity (Wildman–Crippen MR) is 162 cm³/mol. The number of nitrogens with two attached hydrogens (primary N) is 1. The molecule has 10 nitrogen and oxygen atoms in total. The molecule has 0 unspecified atom stereocenters. The second kappa shape index (κ2) is 11.6. The number of ether oxygens (including phenoxy) is 2. The van der Waals surface area contributed by atoms with E-state index in [0.29, 0.717) is 21.6 Å². The zero-order valence-corrected chi connectivity index (χ0v) is 25.9. The zero-order chi connectivity index (χ0) is 33.8. The van der Waals surface area contributed by atoms with Crippen molar-refractivity contribution in [3.63, 3.8) is 0 Å². The molecule has 3 heterocycles. The molecule has 46 heavy (non-hydrogen) atoms. The number of aliphatic hydroxyl groups is 1. The van der Waals surface area contributed by atoms with Gasteiger partial charge in [-0.1, -0.05) is 29.3 Å². The molecule has 0 saturated carbocycles. The molecule has 0 bridgehead atoms. The second-order valence-corrected chi connectivity index (χ2v) is 11.7. The maximum absolute atomic E-state index is 14.8. The Morgan fingerprint density at radius 1 is 1.17 bits per heavy atom. The first kappa shape index (κ1) is 32.7. The van der Waals surface area contributed by atoms with E-state index in [4.69, 9.17) is 38.4 Å². The molecule has 2 amide bonds. The standard InChI is InChI=1S/C31H24Cl2F3N5O5/c1-14-20(32)8-17-6-18(9-22(45-3)24(17)40-14)27(42)39-12-30(44,31(34,35)36)23-10-19-26(46-13-29(19,2)28(38)43)25(41-23)15-4-5-16(11-37)21(33)7-15/h4-10,44H,12-13H2,1-3H3,(H2,38,43)(H,39,42)/t29-,30-/m0/s1. The monoisotopic (exact) mass is 673 g/mol. The third-order valence-corrected chi connectivity index (χ3v) is 8.57. The molecule has 0 spiro atoms. The number of hydrogen-bond donors (Lipinski definition) is 3. The Kier molecular flexibility index (Phi) is 8.27. The average Bonchev–Trinajstić information content (AvgIpc) is 3.36. The van der Waals surface area contributed by atoms with Crippen LogP contribution in [0.3, 0.4) is 0 Å². The van der Waals surface area contributed by atoms with Crippen molar-refractivity contribution in [3.05, 3.63) is 80.6 Å². The lowest BCUT2D eigenvalue weighted by Crippen LogP contribution is -2.51. The summed E-state index contributed by atoms with van der Waals surface area (Å²) in [6, 6.07) is 11.0. The number of fused-ring (bicyclic) bond motifs is 2. The highest BCUT2D eigenvalue weighted by Crippen LogP contribution is 2.48. The topological polar surface area (TPSA) is 160 Å². The van der Waals surface area contributed by atoms with Crippen LogP contribution in [0.15, 0.2) is 42.5 Å². The van der Waals surface area contributed by atoms with Crippen LogP contribution in [0.5, 0.6) is 11.5 Å². The molecule has 0 saturated heterocycles. The molecule has 4 aromatic rings. The highest BCUT2D eigenvalue weighted by molar-refractivity contribution is 6.32. The Labute approximate surface area is 269 Å². The van der Waals surface area contributed by atoms with Crippen molar-refractivity contribution in [1.29, 1.82) is 5.26 Å². The van der Waals surface area contributed by atoms with Crippen LogP contribution in [0.1, 0.15) is 39.8 Å². The fourth-order valence-corrected chi connectivity index (χ4v) is 5.38. The van der Waals surface area contributed by atoms with Gasteiger partial charge in [-0.3, -0.25) is 9.59 Å². The summed E-state index contributed by atoms with van der Waals surface area (Å²) in [6.07, 6.45) is -5.39. The number of aromatic nitrogens is 2. The van der Waals surface area contributed by atoms with E-state index in [1.807, 2.05) is 6.07 Å². The van der Waals surface area contributed by atoms with Gasteiger partial charge in [-0.05, 0) is 50.2 Å². The second-order valence-electron chi connectivity index (χ2n) is 10.9. The maximum atomic E-state index is 14.8. The summed E-state index contributed by atoms with van der Waals surface area (Å²) in [5, 5.41) is 23.4. The van der Waals surface area contributed by atoms with Crippen LogP contribution in [0, 0.1) is 18.3 Å². The molecular formula is C31H24Cl2F3N5O5. The fourth-order valence-electron chi connectivity index (χ4n) is 5.00. The summed E-state index contributed by atoms with van der Waals surface area (Å²) in [5.41, 5.74) is 0.0628. The lowest BCUT2D eigenvalue weighted by atomic mass is 9.81. The van der Waals surface area contributed by atoms with Crippen molar-refractivity contribution in [2.24, 2.45) is 5.73 Å². The molecule has 15 heteroatoms. The number of hydrogen-bond acceptors (Lipinski definition) is 8. The number of primary amides is 1. The van der Waals surface area contributed by atoms with E-state index in [9.17, 15) is 33.1 Å². The van der Waals surface area contributed by atoms with Crippen molar-refractivity contribution >= 4 is 45.9 Å². The first-order valence-corrected chi connectivity index (χ1v) is 14.2. The van der Waals surface area contributed by atoms with Crippen LogP contribution in [-0.4, -0.2) is 53.3 Å². The molecule has 0 fully saturated rings. The van der Waals surface area contributed by atoms with Gasteiger partial charge in [-0.15, -0.1) is 0 Å². The van der Waals surface area contributed by atoms with Crippen molar-refractivity contribution in [2.75, 3.05) is 20.3 Å². The molecular weight excluding hydrogens is 650 g/mol. The Hall–Kier alpha value is -4.64. The summed E-state index contributed by atoms with van der Waals surface area (Å²) >= 11 is 12.4. The average molecular weight is 674 g/mol. The van der Waals surface area contributed by atoms with Crippen molar-refractivity contribution in [1.82, 2.24) is 15.3 Å². The molecule has 1 aliphatic rings. The number of carbonyl (C=O) groups is 2. The summed E-state index contributed by atoms with van der Waals surface area (Å²) in [7, 11) is 1.34. The van der Waals surface area contributed by atoms with Gasteiger partial charge in [0.25, 0.3) is 5.91 Å². The van der Waals surface area contributed by atoms with E-state index < -0.39 is 41.2 Å². The van der Waals surface area contributed by atoms with Crippen molar-refractivity contribution in [3.8, 4) is 28.8 Å². The van der Waals surface area contributed by atoms with Crippen LogP contribution in [0.2, 0.25) is 10.0 Å². The number of nitrogens with zero attached hydrogens (tertiary/aromatic N) is 3. The number of halogens is 5. The van der Waals surface area contributed by atoms with Gasteiger partial charge in [-0.2, -0.15) is 18.4 Å². The molecule has 0 radical (unpaired) electrons. The summed E-state index contributed by atoms with van der Waals surface area (Å²) in [5.74, 6) is -1.76. The van der Waals surface area contributed by atoms with Gasteiger partial charge in [0.2, 0.25) is 11.5 Å². The number of methoxy groups -OCH3 is 1. The number of pyridine rings is 2. The third kappa shape index (κ3) is 5.42. The normalized spacial score (nSPS) is 17.0. The van der Waals surface area contributed by atoms with Gasteiger partial charge < -0.3 is 25.6 Å². The number of benzene rings is 2. The number of alkyl halides is 3. The Morgan fingerprint density at radius 2 is 1.89 bits per heavy atom. The number of rotatable bonds is 7. The number of amides is 2. The molecule has 238 valence electrons. The summed E-state index contributed by atoms with van der Waals surface area (Å²) in [6.45, 7) is 1.36. The minimum atomic E-state index is -5.39. The van der Waals surface area contributed by atoms with E-state index >= 15 is 0 Å².